The maximum absolute atomic E-state index is 12.0. The molecule has 4 heteroatoms. The van der Waals surface area contributed by atoms with Crippen LogP contribution in [0.1, 0.15) is 42.1 Å². The summed E-state index contributed by atoms with van der Waals surface area (Å²) in [6, 6.07) is 14.2. The molecular formula is C18H25N2O2+. The Labute approximate surface area is 132 Å². The molecule has 1 amide bonds. The zero-order valence-electron chi connectivity index (χ0n) is 13.6. The average Bonchev–Trinajstić information content (AvgIpc) is 2.96. The highest BCUT2D eigenvalue weighted by molar-refractivity contribution is 5.91. The minimum absolute atomic E-state index is 0.138. The van der Waals surface area contributed by atoms with Gasteiger partial charge in [-0.1, -0.05) is 37.3 Å². The minimum Gasteiger partial charge on any atom is -0.450 e. The first kappa shape index (κ1) is 16.3. The van der Waals surface area contributed by atoms with Crippen LogP contribution in [0.25, 0.3) is 0 Å². The van der Waals surface area contributed by atoms with E-state index in [1.54, 1.807) is 6.07 Å². The van der Waals surface area contributed by atoms with Gasteiger partial charge in [0, 0.05) is 11.6 Å². The summed E-state index contributed by atoms with van der Waals surface area (Å²) in [7, 11) is 2.12. The summed E-state index contributed by atoms with van der Waals surface area (Å²) in [6.07, 6.45) is 0.906. The molecule has 1 heterocycles. The second-order valence-corrected chi connectivity index (χ2v) is 5.84. The molecule has 1 aromatic heterocycles. The average molecular weight is 301 g/mol. The first-order valence-electron chi connectivity index (χ1n) is 7.83. The van der Waals surface area contributed by atoms with Gasteiger partial charge >= 0.3 is 0 Å². The number of hydrogen-bond acceptors (Lipinski definition) is 2. The van der Waals surface area contributed by atoms with Gasteiger partial charge in [0.15, 0.2) is 11.5 Å². The maximum atomic E-state index is 12.0. The van der Waals surface area contributed by atoms with Gasteiger partial charge in [0.05, 0.1) is 7.05 Å². The van der Waals surface area contributed by atoms with E-state index >= 15 is 0 Å². The predicted molar refractivity (Wildman–Crippen MR) is 86.7 cm³/mol. The standard InChI is InChI=1S/C18H24N2O2/c1-4-14(2)19-18(21)17-11-10-16(22-17)13-20(3)12-15-8-6-5-7-9-15/h5-11,14H,4,12-13H2,1-3H3,(H,19,21)/p+1/t14-/m1/s1. The third-order valence-corrected chi connectivity index (χ3v) is 3.70. The van der Waals surface area contributed by atoms with E-state index in [0.717, 1.165) is 25.3 Å². The van der Waals surface area contributed by atoms with Crippen molar-refractivity contribution in [2.75, 3.05) is 7.05 Å². The van der Waals surface area contributed by atoms with Gasteiger partial charge in [-0.15, -0.1) is 0 Å². The van der Waals surface area contributed by atoms with Crippen LogP contribution >= 0.6 is 0 Å². The van der Waals surface area contributed by atoms with Gasteiger partial charge in [-0.3, -0.25) is 4.79 Å². The normalized spacial score (nSPS) is 13.6. The molecule has 0 aliphatic rings. The Kier molecular flexibility index (Phi) is 5.78. The lowest BCUT2D eigenvalue weighted by Gasteiger charge is -2.12. The molecule has 2 rings (SSSR count). The Morgan fingerprint density at radius 1 is 1.18 bits per heavy atom. The van der Waals surface area contributed by atoms with Crippen LogP contribution in [0.5, 0.6) is 0 Å². The van der Waals surface area contributed by atoms with Gasteiger partial charge in [-0.2, -0.15) is 0 Å². The van der Waals surface area contributed by atoms with E-state index in [-0.39, 0.29) is 11.9 Å². The molecule has 0 aliphatic heterocycles. The number of hydrogen-bond donors (Lipinski definition) is 2. The number of carbonyl (C=O) groups is 1. The highest BCUT2D eigenvalue weighted by Crippen LogP contribution is 2.07. The van der Waals surface area contributed by atoms with Gasteiger partial charge in [-0.25, -0.2) is 0 Å². The van der Waals surface area contributed by atoms with E-state index in [4.69, 9.17) is 4.42 Å². The Morgan fingerprint density at radius 3 is 2.59 bits per heavy atom. The fourth-order valence-electron chi connectivity index (χ4n) is 2.30. The Morgan fingerprint density at radius 2 is 1.91 bits per heavy atom. The summed E-state index contributed by atoms with van der Waals surface area (Å²) in [5, 5.41) is 2.91. The monoisotopic (exact) mass is 301 g/mol. The predicted octanol–water partition coefficient (Wildman–Crippen LogP) is 2.02. The number of amides is 1. The van der Waals surface area contributed by atoms with Gasteiger partial charge in [0.1, 0.15) is 13.1 Å². The van der Waals surface area contributed by atoms with E-state index in [9.17, 15) is 4.79 Å². The summed E-state index contributed by atoms with van der Waals surface area (Å²) < 4.78 is 5.67. The van der Waals surface area contributed by atoms with Gasteiger partial charge in [0.2, 0.25) is 0 Å². The fourth-order valence-corrected chi connectivity index (χ4v) is 2.30. The van der Waals surface area contributed by atoms with Crippen LogP contribution in [0.3, 0.4) is 0 Å². The van der Waals surface area contributed by atoms with E-state index in [1.807, 2.05) is 38.1 Å². The lowest BCUT2D eigenvalue weighted by Crippen LogP contribution is -3.06. The lowest BCUT2D eigenvalue weighted by molar-refractivity contribution is -0.908. The van der Waals surface area contributed by atoms with E-state index in [1.165, 1.54) is 10.5 Å². The van der Waals surface area contributed by atoms with Crippen molar-refractivity contribution in [2.24, 2.45) is 0 Å². The molecule has 4 nitrogen and oxygen atoms in total. The SMILES string of the molecule is CC[C@@H](C)NC(=O)c1ccc(C[NH+](C)Cc2ccccc2)o1. The summed E-state index contributed by atoms with van der Waals surface area (Å²) >= 11 is 0. The number of benzene rings is 1. The van der Waals surface area contributed by atoms with Crippen LogP contribution < -0.4 is 10.2 Å². The van der Waals surface area contributed by atoms with Crippen molar-refractivity contribution >= 4 is 5.91 Å². The number of carbonyl (C=O) groups excluding carboxylic acids is 1. The van der Waals surface area contributed by atoms with E-state index in [2.05, 4.69) is 24.5 Å². The molecule has 0 saturated carbocycles. The Hall–Kier alpha value is -2.07. The first-order chi connectivity index (χ1) is 10.6. The molecule has 1 unspecified atom stereocenters. The van der Waals surface area contributed by atoms with Crippen molar-refractivity contribution in [3.63, 3.8) is 0 Å². The van der Waals surface area contributed by atoms with Gasteiger partial charge < -0.3 is 14.6 Å². The molecule has 0 bridgehead atoms. The molecule has 0 radical (unpaired) electrons. The molecule has 0 aliphatic carbocycles. The second-order valence-electron chi connectivity index (χ2n) is 5.84. The van der Waals surface area contributed by atoms with Crippen LogP contribution in [-0.4, -0.2) is 19.0 Å². The molecular weight excluding hydrogens is 276 g/mol. The lowest BCUT2D eigenvalue weighted by atomic mass is 10.2. The molecule has 22 heavy (non-hydrogen) atoms. The smallest absolute Gasteiger partial charge is 0.287 e. The largest absolute Gasteiger partial charge is 0.450 e. The quantitative estimate of drug-likeness (QED) is 0.822. The van der Waals surface area contributed by atoms with E-state index < -0.39 is 0 Å². The maximum Gasteiger partial charge on any atom is 0.287 e. The fraction of sp³-hybridized carbons (Fsp3) is 0.389. The topological polar surface area (TPSA) is 46.7 Å². The molecule has 118 valence electrons. The van der Waals surface area contributed by atoms with Crippen LogP contribution in [0.15, 0.2) is 46.9 Å². The highest BCUT2D eigenvalue weighted by Gasteiger charge is 2.15. The van der Waals surface area contributed by atoms with Crippen molar-refractivity contribution < 1.29 is 14.1 Å². The molecule has 0 saturated heterocycles. The Bertz CT molecular complexity index is 592. The van der Waals surface area contributed by atoms with Crippen molar-refractivity contribution in [3.05, 3.63) is 59.5 Å². The number of furan rings is 1. The molecule has 0 fully saturated rings. The van der Waals surface area contributed by atoms with Crippen LogP contribution in [0.2, 0.25) is 0 Å². The first-order valence-corrected chi connectivity index (χ1v) is 7.83. The van der Waals surface area contributed by atoms with E-state index in [0.29, 0.717) is 5.76 Å². The number of rotatable bonds is 7. The summed E-state index contributed by atoms with van der Waals surface area (Å²) in [5.41, 5.74) is 1.29. The van der Waals surface area contributed by atoms with Crippen molar-refractivity contribution in [2.45, 2.75) is 39.4 Å². The number of nitrogens with one attached hydrogen (secondary N) is 2. The van der Waals surface area contributed by atoms with Crippen LogP contribution in [-0.2, 0) is 13.1 Å². The summed E-state index contributed by atoms with van der Waals surface area (Å²) in [4.78, 5) is 13.3. The van der Waals surface area contributed by atoms with Crippen molar-refractivity contribution in [1.29, 1.82) is 0 Å². The third-order valence-electron chi connectivity index (χ3n) is 3.70. The van der Waals surface area contributed by atoms with Gasteiger partial charge in [0.25, 0.3) is 5.91 Å². The molecule has 2 aromatic rings. The third kappa shape index (κ3) is 4.74. The Balaban J connectivity index is 1.90. The van der Waals surface area contributed by atoms with Crippen molar-refractivity contribution in [1.82, 2.24) is 5.32 Å². The zero-order valence-corrected chi connectivity index (χ0v) is 13.6. The van der Waals surface area contributed by atoms with Crippen molar-refractivity contribution in [3.8, 4) is 0 Å². The summed E-state index contributed by atoms with van der Waals surface area (Å²) in [5.74, 6) is 1.09. The van der Waals surface area contributed by atoms with Crippen LogP contribution in [0.4, 0.5) is 0 Å². The molecule has 2 N–H and O–H groups in total. The molecule has 1 aromatic carbocycles. The van der Waals surface area contributed by atoms with Crippen LogP contribution in [0, 0.1) is 0 Å². The highest BCUT2D eigenvalue weighted by atomic mass is 16.4. The summed E-state index contributed by atoms with van der Waals surface area (Å²) in [6.45, 7) is 5.71. The molecule has 0 spiro atoms. The number of quaternary nitrogens is 1. The second kappa shape index (κ2) is 7.80. The van der Waals surface area contributed by atoms with Gasteiger partial charge in [-0.05, 0) is 25.5 Å². The zero-order chi connectivity index (χ0) is 15.9. The molecule has 2 atom stereocenters. The minimum atomic E-state index is -0.138.